The lowest BCUT2D eigenvalue weighted by atomic mass is 10.1. The molecule has 0 radical (unpaired) electrons. The molecule has 2 atom stereocenters. The highest BCUT2D eigenvalue weighted by Crippen LogP contribution is 2.34. The van der Waals surface area contributed by atoms with E-state index in [4.69, 9.17) is 16.3 Å². The van der Waals surface area contributed by atoms with E-state index < -0.39 is 28.5 Å². The summed E-state index contributed by atoms with van der Waals surface area (Å²) in [7, 11) is -2.76. The highest BCUT2D eigenvalue weighted by atomic mass is 35.5. The number of ether oxygens (including phenoxy) is 1. The van der Waals surface area contributed by atoms with Crippen LogP contribution in [0.15, 0.2) is 77.7 Å². The van der Waals surface area contributed by atoms with Crippen molar-refractivity contribution in [1.82, 2.24) is 10.2 Å². The summed E-state index contributed by atoms with van der Waals surface area (Å²) >= 11 is 6.41. The Morgan fingerprint density at radius 1 is 1.00 bits per heavy atom. The van der Waals surface area contributed by atoms with Crippen molar-refractivity contribution in [3.05, 3.63) is 88.9 Å². The Balaban J connectivity index is 2.09. The quantitative estimate of drug-likeness (QED) is 0.316. The number of benzene rings is 3. The van der Waals surface area contributed by atoms with Gasteiger partial charge in [-0.2, -0.15) is 0 Å². The normalized spacial score (nSPS) is 12.8. The molecule has 2 amide bonds. The third-order valence-corrected chi connectivity index (χ3v) is 8.82. The largest absolute Gasteiger partial charge is 0.495 e. The second-order valence-corrected chi connectivity index (χ2v) is 11.9. The lowest BCUT2D eigenvalue weighted by molar-refractivity contribution is -0.139. The van der Waals surface area contributed by atoms with E-state index in [0.717, 1.165) is 9.87 Å². The van der Waals surface area contributed by atoms with Crippen molar-refractivity contribution >= 4 is 39.1 Å². The van der Waals surface area contributed by atoms with Gasteiger partial charge in [-0.3, -0.25) is 13.9 Å². The third kappa shape index (κ3) is 7.34. The van der Waals surface area contributed by atoms with Gasteiger partial charge in [-0.05, 0) is 68.7 Å². The molecule has 3 aromatic rings. The Morgan fingerprint density at radius 3 is 2.27 bits per heavy atom. The van der Waals surface area contributed by atoms with Gasteiger partial charge in [0.15, 0.2) is 0 Å². The second kappa shape index (κ2) is 13.7. The number of hydrogen-bond acceptors (Lipinski definition) is 5. The third-order valence-electron chi connectivity index (χ3n) is 6.68. The van der Waals surface area contributed by atoms with E-state index in [2.05, 4.69) is 5.32 Å². The van der Waals surface area contributed by atoms with Crippen molar-refractivity contribution in [1.29, 1.82) is 0 Å². The van der Waals surface area contributed by atoms with Gasteiger partial charge in [0.25, 0.3) is 10.0 Å². The van der Waals surface area contributed by atoms with Crippen molar-refractivity contribution in [3.8, 4) is 5.75 Å². The van der Waals surface area contributed by atoms with Crippen molar-refractivity contribution in [2.24, 2.45) is 0 Å². The van der Waals surface area contributed by atoms with Gasteiger partial charge in [-0.1, -0.05) is 61.0 Å². The number of nitrogens with one attached hydrogen (secondary N) is 1. The molecule has 10 heteroatoms. The van der Waals surface area contributed by atoms with Crippen LogP contribution in [-0.4, -0.2) is 50.9 Å². The molecule has 0 fully saturated rings. The monoisotopic (exact) mass is 585 g/mol. The maximum absolute atomic E-state index is 14.1. The fraction of sp³-hybridized carbons (Fsp3) is 0.333. The highest BCUT2D eigenvalue weighted by molar-refractivity contribution is 7.92. The van der Waals surface area contributed by atoms with Crippen LogP contribution >= 0.6 is 11.6 Å². The van der Waals surface area contributed by atoms with Crippen molar-refractivity contribution in [2.45, 2.75) is 57.6 Å². The smallest absolute Gasteiger partial charge is 0.264 e. The minimum absolute atomic E-state index is 0.0117. The summed E-state index contributed by atoms with van der Waals surface area (Å²) in [5, 5.41) is 3.35. The lowest BCUT2D eigenvalue weighted by Gasteiger charge is -2.33. The van der Waals surface area contributed by atoms with Crippen molar-refractivity contribution < 1.29 is 22.7 Å². The number of carbonyl (C=O) groups is 2. The van der Waals surface area contributed by atoms with Crippen LogP contribution in [0.2, 0.25) is 5.02 Å². The summed E-state index contributed by atoms with van der Waals surface area (Å²) in [6.45, 7) is 6.71. The Morgan fingerprint density at radius 2 is 1.65 bits per heavy atom. The first kappa shape index (κ1) is 31.0. The molecule has 0 spiro atoms. The number of rotatable bonds is 12. The van der Waals surface area contributed by atoms with E-state index in [0.29, 0.717) is 17.0 Å². The summed E-state index contributed by atoms with van der Waals surface area (Å²) in [5.74, 6) is -0.631. The van der Waals surface area contributed by atoms with Crippen LogP contribution in [0.1, 0.15) is 38.3 Å². The van der Waals surface area contributed by atoms with Crippen LogP contribution in [-0.2, 0) is 26.2 Å². The number of anilines is 1. The van der Waals surface area contributed by atoms with Crippen LogP contribution in [0, 0.1) is 6.92 Å². The standard InChI is InChI=1S/C30H36ClN3O5S/c1-6-22(3)32-30(36)23(4)33(19-24-12-10-11-15-26(24)31)29(35)20-34(27-18-21(2)16-17-28(27)39-5)40(37,38)25-13-8-7-9-14-25/h7-18,22-23H,6,19-20H2,1-5H3,(H,32,36)/t22-,23+/m1/s1. The topological polar surface area (TPSA) is 96.0 Å². The first-order valence-corrected chi connectivity index (χ1v) is 14.9. The molecule has 0 unspecified atom stereocenters. The number of nitrogens with zero attached hydrogens (tertiary/aromatic N) is 2. The molecule has 3 aromatic carbocycles. The maximum atomic E-state index is 14.1. The number of sulfonamides is 1. The first-order chi connectivity index (χ1) is 19.0. The average molecular weight is 586 g/mol. The number of hydrogen-bond donors (Lipinski definition) is 1. The Kier molecular flexibility index (Phi) is 10.6. The van der Waals surface area contributed by atoms with Gasteiger partial charge >= 0.3 is 0 Å². The predicted molar refractivity (Wildman–Crippen MR) is 158 cm³/mol. The van der Waals surface area contributed by atoms with Crippen molar-refractivity contribution in [3.63, 3.8) is 0 Å². The molecule has 0 heterocycles. The molecule has 1 N–H and O–H groups in total. The molecule has 40 heavy (non-hydrogen) atoms. The zero-order valence-electron chi connectivity index (χ0n) is 23.4. The molecule has 0 aliphatic heterocycles. The number of carbonyl (C=O) groups excluding carboxylic acids is 2. The molecule has 3 rings (SSSR count). The van der Waals surface area contributed by atoms with Crippen LogP contribution < -0.4 is 14.4 Å². The van der Waals surface area contributed by atoms with Gasteiger partial charge in [-0.25, -0.2) is 8.42 Å². The molecule has 0 saturated carbocycles. The van der Waals surface area contributed by atoms with Crippen LogP contribution in [0.5, 0.6) is 5.75 Å². The maximum Gasteiger partial charge on any atom is 0.264 e. The Bertz CT molecular complexity index is 1430. The van der Waals surface area contributed by atoms with Gasteiger partial charge in [0, 0.05) is 17.6 Å². The zero-order chi connectivity index (χ0) is 29.4. The van der Waals surface area contributed by atoms with Gasteiger partial charge in [0.2, 0.25) is 11.8 Å². The second-order valence-electron chi connectivity index (χ2n) is 9.61. The number of aryl methyl sites for hydroxylation is 1. The summed E-state index contributed by atoms with van der Waals surface area (Å²) in [6, 6.07) is 19.0. The zero-order valence-corrected chi connectivity index (χ0v) is 25.0. The van der Waals surface area contributed by atoms with Gasteiger partial charge in [-0.15, -0.1) is 0 Å². The summed E-state index contributed by atoms with van der Waals surface area (Å²) in [4.78, 5) is 28.6. The minimum Gasteiger partial charge on any atom is -0.495 e. The van der Waals surface area contributed by atoms with Gasteiger partial charge in [0.1, 0.15) is 18.3 Å². The first-order valence-electron chi connectivity index (χ1n) is 13.0. The number of methoxy groups -OCH3 is 1. The summed E-state index contributed by atoms with van der Waals surface area (Å²) in [5.41, 5.74) is 1.63. The van der Waals surface area contributed by atoms with E-state index >= 15 is 0 Å². The highest BCUT2D eigenvalue weighted by Gasteiger charge is 2.34. The Labute approximate surface area is 241 Å². The molecule has 0 aromatic heterocycles. The molecule has 0 bridgehead atoms. The van der Waals surface area contributed by atoms with E-state index in [9.17, 15) is 18.0 Å². The number of halogens is 1. The predicted octanol–water partition coefficient (Wildman–Crippen LogP) is 5.18. The summed E-state index contributed by atoms with van der Waals surface area (Å²) < 4.78 is 34.5. The fourth-order valence-corrected chi connectivity index (χ4v) is 5.72. The van der Waals surface area contributed by atoms with Crippen LogP contribution in [0.25, 0.3) is 0 Å². The average Bonchev–Trinajstić information content (AvgIpc) is 2.95. The van der Waals surface area contributed by atoms with Crippen molar-refractivity contribution in [2.75, 3.05) is 18.0 Å². The molecule has 0 aliphatic carbocycles. The van der Waals surface area contributed by atoms with E-state index in [-0.39, 0.29) is 34.8 Å². The van der Waals surface area contributed by atoms with E-state index in [1.54, 1.807) is 67.6 Å². The Hall–Kier alpha value is -3.56. The fourth-order valence-electron chi connectivity index (χ4n) is 4.09. The molecular weight excluding hydrogens is 550 g/mol. The minimum atomic E-state index is -4.20. The molecule has 8 nitrogen and oxygen atoms in total. The van der Waals surface area contributed by atoms with Gasteiger partial charge in [0.05, 0.1) is 17.7 Å². The van der Waals surface area contributed by atoms with Crippen LogP contribution in [0.3, 0.4) is 0 Å². The van der Waals surface area contributed by atoms with Crippen LogP contribution in [0.4, 0.5) is 5.69 Å². The molecule has 214 valence electrons. The van der Waals surface area contributed by atoms with E-state index in [1.165, 1.54) is 24.1 Å². The van der Waals surface area contributed by atoms with E-state index in [1.807, 2.05) is 20.8 Å². The SMILES string of the molecule is CC[C@@H](C)NC(=O)[C@H](C)N(Cc1ccccc1Cl)C(=O)CN(c1cc(C)ccc1OC)S(=O)(=O)c1ccccc1. The number of amides is 2. The summed E-state index contributed by atoms with van der Waals surface area (Å²) in [6.07, 6.45) is 0.715. The molecule has 0 aliphatic rings. The lowest BCUT2D eigenvalue weighted by Crippen LogP contribution is -2.52. The molecular formula is C30H36ClN3O5S. The van der Waals surface area contributed by atoms with Gasteiger partial charge < -0.3 is 15.0 Å². The molecule has 0 saturated heterocycles.